The predicted octanol–water partition coefficient (Wildman–Crippen LogP) is 3.99. The van der Waals surface area contributed by atoms with Crippen LogP contribution in [0.25, 0.3) is 22.3 Å². The fourth-order valence-electron chi connectivity index (χ4n) is 5.75. The number of carbonyl (C=O) groups is 1. The molecule has 1 N–H and O–H groups in total. The van der Waals surface area contributed by atoms with Crippen molar-refractivity contribution >= 4 is 28.7 Å². The number of nitrogens with one attached hydrogen (secondary N) is 1. The summed E-state index contributed by atoms with van der Waals surface area (Å²) in [6, 6.07) is 5.32. The molecule has 0 aromatic carbocycles. The summed E-state index contributed by atoms with van der Waals surface area (Å²) in [5.41, 5.74) is 3.12. The number of aromatic nitrogens is 6. The summed E-state index contributed by atoms with van der Waals surface area (Å²) in [5.74, 6) is 0.324. The number of carbonyl (C=O) groups excluding carboxylic acids is 1. The van der Waals surface area contributed by atoms with E-state index in [-0.39, 0.29) is 28.9 Å². The van der Waals surface area contributed by atoms with E-state index in [0.29, 0.717) is 22.6 Å². The SMILES string of the molecule is CC(C)c1c2cc(-c3nc(Nc4ccc(C(=O)N5CC6(CCN(C)CC6)C5)cn4)ncc3F)cnc2nn1C. The van der Waals surface area contributed by atoms with E-state index in [2.05, 4.69) is 56.1 Å². The third kappa shape index (κ3) is 4.71. The molecule has 2 saturated heterocycles. The molecule has 0 atom stereocenters. The molecule has 2 fully saturated rings. The van der Waals surface area contributed by atoms with Gasteiger partial charge in [-0.05, 0) is 57.1 Å². The van der Waals surface area contributed by atoms with Gasteiger partial charge in [-0.1, -0.05) is 13.8 Å². The first-order chi connectivity index (χ1) is 18.7. The molecular formula is C28H32FN9O. The Morgan fingerprint density at radius 3 is 2.51 bits per heavy atom. The minimum absolute atomic E-state index is 0.00187. The van der Waals surface area contributed by atoms with Crippen LogP contribution in [-0.4, -0.2) is 78.7 Å². The Labute approximate surface area is 226 Å². The standard InChI is InChI=1S/C28H32FN9O/c1-17(2)24-20-11-19(13-31-25(20)35-37(24)4)23-21(29)14-32-27(34-23)33-22-6-5-18(12-30-22)26(39)38-15-28(16-38)7-9-36(3)10-8-28/h5-6,11-14,17H,7-10,15-16H2,1-4H3,(H,30,32,33,34). The molecule has 6 rings (SSSR count). The number of nitrogens with zero attached hydrogens (tertiary/aromatic N) is 8. The number of rotatable bonds is 5. The van der Waals surface area contributed by atoms with Crippen LogP contribution in [0.2, 0.25) is 0 Å². The molecule has 39 heavy (non-hydrogen) atoms. The number of anilines is 2. The lowest BCUT2D eigenvalue weighted by Crippen LogP contribution is -2.61. The maximum Gasteiger partial charge on any atom is 0.255 e. The van der Waals surface area contributed by atoms with E-state index in [1.807, 2.05) is 22.7 Å². The maximum absolute atomic E-state index is 14.8. The molecule has 4 aromatic rings. The number of amides is 1. The normalized spacial score (nSPS) is 17.1. The molecule has 4 aromatic heterocycles. The number of hydrogen-bond acceptors (Lipinski definition) is 8. The lowest BCUT2D eigenvalue weighted by atomic mass is 9.72. The van der Waals surface area contributed by atoms with Crippen molar-refractivity contribution in [1.82, 2.24) is 39.5 Å². The summed E-state index contributed by atoms with van der Waals surface area (Å²) in [7, 11) is 4.03. The summed E-state index contributed by atoms with van der Waals surface area (Å²) in [6.45, 7) is 7.96. The largest absolute Gasteiger partial charge is 0.337 e. The molecule has 0 aliphatic carbocycles. The number of aryl methyl sites for hydroxylation is 1. The van der Waals surface area contributed by atoms with Crippen LogP contribution in [0.15, 0.2) is 36.8 Å². The zero-order valence-corrected chi connectivity index (χ0v) is 22.6. The molecule has 0 radical (unpaired) electrons. The van der Waals surface area contributed by atoms with Crippen LogP contribution < -0.4 is 5.32 Å². The first kappa shape index (κ1) is 25.3. The second kappa shape index (κ2) is 9.64. The number of halogens is 1. The summed E-state index contributed by atoms with van der Waals surface area (Å²) in [5, 5.41) is 8.34. The van der Waals surface area contributed by atoms with Crippen molar-refractivity contribution in [2.45, 2.75) is 32.6 Å². The van der Waals surface area contributed by atoms with Crippen molar-refractivity contribution in [3.63, 3.8) is 0 Å². The van der Waals surface area contributed by atoms with Crippen LogP contribution in [-0.2, 0) is 7.05 Å². The molecule has 2 aliphatic heterocycles. The van der Waals surface area contributed by atoms with E-state index in [1.54, 1.807) is 24.5 Å². The first-order valence-electron chi connectivity index (χ1n) is 13.3. The van der Waals surface area contributed by atoms with E-state index in [9.17, 15) is 9.18 Å². The second-order valence-corrected chi connectivity index (χ2v) is 11.2. The molecule has 11 heteroatoms. The highest BCUT2D eigenvalue weighted by atomic mass is 19.1. The molecular weight excluding hydrogens is 497 g/mol. The Bertz CT molecular complexity index is 1530. The average molecular weight is 530 g/mol. The minimum atomic E-state index is -0.553. The lowest BCUT2D eigenvalue weighted by molar-refractivity contribution is -0.0283. The monoisotopic (exact) mass is 529 g/mol. The van der Waals surface area contributed by atoms with Gasteiger partial charge < -0.3 is 15.1 Å². The molecule has 6 heterocycles. The van der Waals surface area contributed by atoms with E-state index >= 15 is 0 Å². The number of hydrogen-bond donors (Lipinski definition) is 1. The van der Waals surface area contributed by atoms with Crippen LogP contribution in [0, 0.1) is 11.2 Å². The van der Waals surface area contributed by atoms with Gasteiger partial charge in [-0.25, -0.2) is 24.3 Å². The van der Waals surface area contributed by atoms with Crippen LogP contribution in [0.1, 0.15) is 48.7 Å². The van der Waals surface area contributed by atoms with E-state index in [1.165, 1.54) is 0 Å². The Balaban J connectivity index is 1.17. The molecule has 202 valence electrons. The van der Waals surface area contributed by atoms with Gasteiger partial charge >= 0.3 is 0 Å². The van der Waals surface area contributed by atoms with Gasteiger partial charge in [-0.3, -0.25) is 9.48 Å². The smallest absolute Gasteiger partial charge is 0.255 e. The zero-order chi connectivity index (χ0) is 27.3. The molecule has 1 spiro atoms. The lowest BCUT2D eigenvalue weighted by Gasteiger charge is -2.53. The third-order valence-electron chi connectivity index (χ3n) is 7.94. The maximum atomic E-state index is 14.8. The van der Waals surface area contributed by atoms with E-state index < -0.39 is 5.82 Å². The molecule has 0 unspecified atom stereocenters. The van der Waals surface area contributed by atoms with Gasteiger partial charge in [0.25, 0.3) is 5.91 Å². The first-order valence-corrected chi connectivity index (χ1v) is 13.3. The van der Waals surface area contributed by atoms with Crippen molar-refractivity contribution in [2.24, 2.45) is 12.5 Å². The third-order valence-corrected chi connectivity index (χ3v) is 7.94. The van der Waals surface area contributed by atoms with Crippen LogP contribution in [0.5, 0.6) is 0 Å². The molecule has 0 bridgehead atoms. The summed E-state index contributed by atoms with van der Waals surface area (Å²) in [6.07, 6.45) is 6.53. The fourth-order valence-corrected chi connectivity index (χ4v) is 5.75. The Kier molecular flexibility index (Phi) is 6.25. The minimum Gasteiger partial charge on any atom is -0.337 e. The zero-order valence-electron chi connectivity index (χ0n) is 22.6. The van der Waals surface area contributed by atoms with Gasteiger partial charge in [0.2, 0.25) is 5.95 Å². The van der Waals surface area contributed by atoms with Crippen LogP contribution >= 0.6 is 0 Å². The molecule has 10 nitrogen and oxygen atoms in total. The summed E-state index contributed by atoms with van der Waals surface area (Å²) < 4.78 is 16.6. The van der Waals surface area contributed by atoms with Crippen molar-refractivity contribution in [3.05, 3.63) is 53.9 Å². The van der Waals surface area contributed by atoms with Gasteiger partial charge in [0, 0.05) is 48.9 Å². The number of piperidine rings is 1. The highest BCUT2D eigenvalue weighted by Crippen LogP contribution is 2.40. The molecule has 0 saturated carbocycles. The van der Waals surface area contributed by atoms with E-state index in [4.69, 9.17) is 0 Å². The number of likely N-dealkylation sites (tertiary alicyclic amines) is 2. The topological polar surface area (TPSA) is 105 Å². The van der Waals surface area contributed by atoms with Crippen molar-refractivity contribution in [1.29, 1.82) is 0 Å². The predicted molar refractivity (Wildman–Crippen MR) is 146 cm³/mol. The summed E-state index contributed by atoms with van der Waals surface area (Å²) >= 11 is 0. The van der Waals surface area contributed by atoms with E-state index in [0.717, 1.165) is 56.3 Å². The van der Waals surface area contributed by atoms with Crippen LogP contribution in [0.3, 0.4) is 0 Å². The quantitative estimate of drug-likeness (QED) is 0.414. The number of fused-ring (bicyclic) bond motifs is 1. The highest BCUT2D eigenvalue weighted by molar-refractivity contribution is 5.94. The van der Waals surface area contributed by atoms with Gasteiger partial charge in [-0.2, -0.15) is 5.10 Å². The highest BCUT2D eigenvalue weighted by Gasteiger charge is 2.46. The average Bonchev–Trinajstić information content (AvgIpc) is 3.24. The van der Waals surface area contributed by atoms with Crippen molar-refractivity contribution in [3.8, 4) is 11.3 Å². The molecule has 1 amide bonds. The Morgan fingerprint density at radius 2 is 1.82 bits per heavy atom. The van der Waals surface area contributed by atoms with Gasteiger partial charge in [0.1, 0.15) is 11.5 Å². The van der Waals surface area contributed by atoms with Gasteiger partial charge in [0.05, 0.1) is 17.5 Å². The van der Waals surface area contributed by atoms with Crippen molar-refractivity contribution in [2.75, 3.05) is 38.5 Å². The Hall–Kier alpha value is -3.99. The fraction of sp³-hybridized carbons (Fsp3) is 0.429. The van der Waals surface area contributed by atoms with Gasteiger partial charge in [-0.15, -0.1) is 0 Å². The van der Waals surface area contributed by atoms with Gasteiger partial charge in [0.15, 0.2) is 11.5 Å². The van der Waals surface area contributed by atoms with Crippen molar-refractivity contribution < 1.29 is 9.18 Å². The number of pyridine rings is 2. The Morgan fingerprint density at radius 1 is 1.05 bits per heavy atom. The van der Waals surface area contributed by atoms with Crippen LogP contribution in [0.4, 0.5) is 16.2 Å². The molecule has 2 aliphatic rings. The second-order valence-electron chi connectivity index (χ2n) is 11.2. The summed E-state index contributed by atoms with van der Waals surface area (Å²) in [4.78, 5) is 34.5.